The molecule has 4 rings (SSSR count). The molecule has 1 aliphatic carbocycles. The molecule has 0 radical (unpaired) electrons. The van der Waals surface area contributed by atoms with Gasteiger partial charge in [-0.15, -0.1) is 0 Å². The molecule has 0 aliphatic heterocycles. The molecule has 0 bridgehead atoms. The molecule has 33 heavy (non-hydrogen) atoms. The fraction of sp³-hybridized carbons (Fsp3) is 0.286. The third kappa shape index (κ3) is 4.96. The summed E-state index contributed by atoms with van der Waals surface area (Å²) in [4.78, 5) is 42.5. The summed E-state index contributed by atoms with van der Waals surface area (Å²) in [5.41, 5.74) is 5.23. The summed E-state index contributed by atoms with van der Waals surface area (Å²) in [6, 6.07) is 16.9. The Bertz CT molecular complexity index is 1180. The van der Waals surface area contributed by atoms with Gasteiger partial charge in [-0.25, -0.2) is 0 Å². The van der Waals surface area contributed by atoms with E-state index >= 15 is 0 Å². The lowest BCUT2D eigenvalue weighted by atomic mass is 9.85. The molecule has 5 heteroatoms. The van der Waals surface area contributed by atoms with E-state index in [9.17, 15) is 14.4 Å². The standard InChI is InChI=1S/C28H26ClNO3/c1-17-14-21(19-9-11-22(29)12-10-19)15-18(2)26(17)27-25(32)16-20(28(27)33)6-5-8-24(31)23-7-3-4-13-30-23/h3-4,7,9-15,20,27H,5-6,8,16H2,1-2H3. The van der Waals surface area contributed by atoms with E-state index in [4.69, 9.17) is 11.6 Å². The van der Waals surface area contributed by atoms with E-state index in [0.717, 1.165) is 27.8 Å². The lowest BCUT2D eigenvalue weighted by Crippen LogP contribution is -2.18. The second-order valence-electron chi connectivity index (χ2n) is 8.76. The maximum absolute atomic E-state index is 13.2. The van der Waals surface area contributed by atoms with Crippen molar-refractivity contribution >= 4 is 29.0 Å². The number of aryl methyl sites for hydroxylation is 2. The Morgan fingerprint density at radius 3 is 2.33 bits per heavy atom. The third-order valence-corrected chi connectivity index (χ3v) is 6.68. The van der Waals surface area contributed by atoms with Gasteiger partial charge in [0, 0.05) is 30.0 Å². The van der Waals surface area contributed by atoms with E-state index in [1.807, 2.05) is 50.2 Å². The van der Waals surface area contributed by atoms with E-state index in [0.29, 0.717) is 30.0 Å². The SMILES string of the molecule is Cc1cc(-c2ccc(Cl)cc2)cc(C)c1C1C(=O)CC(CCCC(=O)c2ccccn2)C1=O. The van der Waals surface area contributed by atoms with Crippen LogP contribution < -0.4 is 0 Å². The Kier molecular flexibility index (Phi) is 6.85. The highest BCUT2D eigenvalue weighted by Gasteiger charge is 2.42. The second kappa shape index (κ2) is 9.80. The van der Waals surface area contributed by atoms with Gasteiger partial charge in [0.15, 0.2) is 11.6 Å². The van der Waals surface area contributed by atoms with Gasteiger partial charge in [0.05, 0.1) is 0 Å². The smallest absolute Gasteiger partial charge is 0.181 e. The largest absolute Gasteiger partial charge is 0.298 e. The molecule has 1 fully saturated rings. The van der Waals surface area contributed by atoms with Gasteiger partial charge in [0.25, 0.3) is 0 Å². The first kappa shape index (κ1) is 23.1. The summed E-state index contributed by atoms with van der Waals surface area (Å²) in [6.45, 7) is 3.92. The highest BCUT2D eigenvalue weighted by molar-refractivity contribution is 6.30. The first-order valence-corrected chi connectivity index (χ1v) is 11.6. The zero-order valence-electron chi connectivity index (χ0n) is 18.8. The molecule has 0 amide bonds. The molecule has 1 aromatic heterocycles. The number of aromatic nitrogens is 1. The molecule has 0 saturated heterocycles. The Hall–Kier alpha value is -3.11. The molecule has 1 aliphatic rings. The molecule has 3 aromatic rings. The highest BCUT2D eigenvalue weighted by Crippen LogP contribution is 2.39. The maximum Gasteiger partial charge on any atom is 0.181 e. The van der Waals surface area contributed by atoms with E-state index in [1.165, 1.54) is 0 Å². The van der Waals surface area contributed by atoms with Crippen LogP contribution in [0.2, 0.25) is 5.02 Å². The first-order chi connectivity index (χ1) is 15.8. The molecule has 2 unspecified atom stereocenters. The normalized spacial score (nSPS) is 18.0. The fourth-order valence-corrected chi connectivity index (χ4v) is 4.93. The van der Waals surface area contributed by atoms with Crippen LogP contribution >= 0.6 is 11.6 Å². The van der Waals surface area contributed by atoms with Gasteiger partial charge in [0.2, 0.25) is 0 Å². The van der Waals surface area contributed by atoms with E-state index in [2.05, 4.69) is 4.98 Å². The molecular formula is C28H26ClNO3. The van der Waals surface area contributed by atoms with Crippen LogP contribution in [0.4, 0.5) is 0 Å². The molecule has 2 atom stereocenters. The van der Waals surface area contributed by atoms with Gasteiger partial charge in [-0.2, -0.15) is 0 Å². The zero-order valence-corrected chi connectivity index (χ0v) is 19.6. The molecule has 0 N–H and O–H groups in total. The number of pyridine rings is 1. The van der Waals surface area contributed by atoms with Gasteiger partial charge in [0.1, 0.15) is 17.4 Å². The molecular weight excluding hydrogens is 434 g/mol. The first-order valence-electron chi connectivity index (χ1n) is 11.2. The van der Waals surface area contributed by atoms with Crippen molar-refractivity contribution in [1.29, 1.82) is 0 Å². The Balaban J connectivity index is 1.47. The zero-order chi connectivity index (χ0) is 23.5. The molecule has 4 nitrogen and oxygen atoms in total. The van der Waals surface area contributed by atoms with E-state index in [1.54, 1.807) is 24.4 Å². The van der Waals surface area contributed by atoms with E-state index in [-0.39, 0.29) is 29.7 Å². The Morgan fingerprint density at radius 2 is 1.70 bits per heavy atom. The van der Waals surface area contributed by atoms with Crippen LogP contribution in [0.3, 0.4) is 0 Å². The molecule has 1 saturated carbocycles. The van der Waals surface area contributed by atoms with Crippen LogP contribution in [0, 0.1) is 19.8 Å². The third-order valence-electron chi connectivity index (χ3n) is 6.42. The van der Waals surface area contributed by atoms with Gasteiger partial charge < -0.3 is 0 Å². The van der Waals surface area contributed by atoms with E-state index < -0.39 is 5.92 Å². The number of hydrogen-bond acceptors (Lipinski definition) is 4. The number of ketones is 3. The van der Waals surface area contributed by atoms with Crippen LogP contribution in [0.1, 0.15) is 58.8 Å². The predicted molar refractivity (Wildman–Crippen MR) is 130 cm³/mol. The van der Waals surface area contributed by atoms with Gasteiger partial charge in [-0.1, -0.05) is 41.9 Å². The average molecular weight is 460 g/mol. The van der Waals surface area contributed by atoms with Gasteiger partial charge in [-0.05, 0) is 78.8 Å². The fourth-order valence-electron chi connectivity index (χ4n) is 4.81. The summed E-state index contributed by atoms with van der Waals surface area (Å²) < 4.78 is 0. The summed E-state index contributed by atoms with van der Waals surface area (Å²) in [7, 11) is 0. The van der Waals surface area contributed by atoms with Crippen LogP contribution in [0.5, 0.6) is 0 Å². The summed E-state index contributed by atoms with van der Waals surface area (Å²) >= 11 is 6.01. The number of carbonyl (C=O) groups excluding carboxylic acids is 3. The number of rotatable bonds is 7. The lowest BCUT2D eigenvalue weighted by molar-refractivity contribution is -0.124. The molecule has 0 spiro atoms. The number of nitrogens with zero attached hydrogens (tertiary/aromatic N) is 1. The predicted octanol–water partition coefficient (Wildman–Crippen LogP) is 6.31. The van der Waals surface area contributed by atoms with Crippen LogP contribution in [0.25, 0.3) is 11.1 Å². The second-order valence-corrected chi connectivity index (χ2v) is 9.20. The van der Waals surface area contributed by atoms with Gasteiger partial charge >= 0.3 is 0 Å². The monoisotopic (exact) mass is 459 g/mol. The van der Waals surface area contributed by atoms with Crippen molar-refractivity contribution in [2.24, 2.45) is 5.92 Å². The Labute approximate surface area is 199 Å². The highest BCUT2D eigenvalue weighted by atomic mass is 35.5. The number of hydrogen-bond donors (Lipinski definition) is 0. The maximum atomic E-state index is 13.2. The number of benzene rings is 2. The van der Waals surface area contributed by atoms with Crippen molar-refractivity contribution in [2.45, 2.75) is 45.4 Å². The van der Waals surface area contributed by atoms with Crippen molar-refractivity contribution in [3.05, 3.63) is 88.2 Å². The van der Waals surface area contributed by atoms with Crippen molar-refractivity contribution in [3.8, 4) is 11.1 Å². The summed E-state index contributed by atoms with van der Waals surface area (Å²) in [6.07, 6.45) is 3.28. The molecule has 168 valence electrons. The van der Waals surface area contributed by atoms with Crippen LogP contribution in [0.15, 0.2) is 60.8 Å². The van der Waals surface area contributed by atoms with Crippen LogP contribution in [-0.2, 0) is 9.59 Å². The van der Waals surface area contributed by atoms with Crippen molar-refractivity contribution < 1.29 is 14.4 Å². The summed E-state index contributed by atoms with van der Waals surface area (Å²) in [5.74, 6) is -1.11. The molecule has 2 aromatic carbocycles. The molecule has 1 heterocycles. The quantitative estimate of drug-likeness (QED) is 0.306. The number of halogens is 1. The van der Waals surface area contributed by atoms with Gasteiger partial charge in [-0.3, -0.25) is 19.4 Å². The minimum atomic E-state index is -0.708. The minimum absolute atomic E-state index is 0.0178. The average Bonchev–Trinajstić information content (AvgIpc) is 3.07. The lowest BCUT2D eigenvalue weighted by Gasteiger charge is -2.17. The van der Waals surface area contributed by atoms with Crippen LogP contribution in [-0.4, -0.2) is 22.3 Å². The number of carbonyl (C=O) groups is 3. The Morgan fingerprint density at radius 1 is 1.00 bits per heavy atom. The minimum Gasteiger partial charge on any atom is -0.298 e. The number of Topliss-reactive ketones (excluding diaryl/α,β-unsaturated/α-hetero) is 3. The van der Waals surface area contributed by atoms with Crippen molar-refractivity contribution in [3.63, 3.8) is 0 Å². The van der Waals surface area contributed by atoms with Crippen molar-refractivity contribution in [1.82, 2.24) is 4.98 Å². The topological polar surface area (TPSA) is 64.1 Å². The summed E-state index contributed by atoms with van der Waals surface area (Å²) in [5, 5.41) is 0.679. The van der Waals surface area contributed by atoms with Crippen molar-refractivity contribution in [2.75, 3.05) is 0 Å².